The fourth-order valence-corrected chi connectivity index (χ4v) is 4.21. The predicted octanol–water partition coefficient (Wildman–Crippen LogP) is 2.86. The quantitative estimate of drug-likeness (QED) is 0.534. The van der Waals surface area contributed by atoms with Crippen LogP contribution >= 0.6 is 0 Å². The lowest BCUT2D eigenvalue weighted by molar-refractivity contribution is -0.130. The molecule has 0 saturated carbocycles. The number of fused-ring (bicyclic) bond motifs is 1. The summed E-state index contributed by atoms with van der Waals surface area (Å²) in [5, 5.41) is 15.2. The maximum absolute atomic E-state index is 12.3. The van der Waals surface area contributed by atoms with Crippen LogP contribution in [0.5, 0.6) is 0 Å². The fourth-order valence-electron chi connectivity index (χ4n) is 4.21. The van der Waals surface area contributed by atoms with Gasteiger partial charge in [0.05, 0.1) is 55.2 Å². The highest BCUT2D eigenvalue weighted by Crippen LogP contribution is 2.36. The minimum Gasteiger partial charge on any atom is -0.396 e. The summed E-state index contributed by atoms with van der Waals surface area (Å²) in [6.45, 7) is 4.95. The molecule has 0 atom stereocenters. The van der Waals surface area contributed by atoms with Crippen LogP contribution < -0.4 is 15.5 Å². The molecule has 1 saturated heterocycles. The molecule has 0 aliphatic carbocycles. The van der Waals surface area contributed by atoms with Crippen molar-refractivity contribution in [2.75, 3.05) is 48.4 Å². The van der Waals surface area contributed by atoms with E-state index in [1.807, 2.05) is 19.1 Å². The Morgan fingerprint density at radius 3 is 2.79 bits per heavy atom. The van der Waals surface area contributed by atoms with Gasteiger partial charge in [-0.1, -0.05) is 6.07 Å². The van der Waals surface area contributed by atoms with Gasteiger partial charge in [-0.3, -0.25) is 15.3 Å². The average molecular weight is 447 g/mol. The lowest BCUT2D eigenvalue weighted by Gasteiger charge is -2.43. The number of urea groups is 1. The van der Waals surface area contributed by atoms with Gasteiger partial charge in [-0.15, -0.1) is 0 Å². The number of hydrogen-bond donors (Lipinski definition) is 3. The number of carbonyl (C=O) groups is 1. The predicted molar refractivity (Wildman–Crippen MR) is 125 cm³/mol. The molecule has 0 unspecified atom stereocenters. The molecule has 1 fully saturated rings. The van der Waals surface area contributed by atoms with Gasteiger partial charge in [-0.05, 0) is 43.2 Å². The molecule has 9 heteroatoms. The third-order valence-corrected chi connectivity index (χ3v) is 6.09. The molecular weight excluding hydrogens is 420 g/mol. The Morgan fingerprint density at radius 1 is 1.18 bits per heavy atom. The van der Waals surface area contributed by atoms with Gasteiger partial charge in [0.2, 0.25) is 0 Å². The van der Waals surface area contributed by atoms with Crippen molar-refractivity contribution in [2.45, 2.75) is 13.3 Å². The number of carbonyl (C=O) groups excluding carboxylic acids is 1. The van der Waals surface area contributed by atoms with Crippen LogP contribution in [0.2, 0.25) is 0 Å². The summed E-state index contributed by atoms with van der Waals surface area (Å²) >= 11 is 0. The van der Waals surface area contributed by atoms with E-state index in [0.29, 0.717) is 30.4 Å². The lowest BCUT2D eigenvalue weighted by atomic mass is 9.86. The second-order valence-electron chi connectivity index (χ2n) is 8.72. The molecule has 2 amide bonds. The number of amides is 2. The molecule has 1 aromatic carbocycles. The maximum Gasteiger partial charge on any atom is 0.324 e. The number of nitrogens with one attached hydrogen (secondary N) is 2. The van der Waals surface area contributed by atoms with Crippen LogP contribution in [0.25, 0.3) is 11.3 Å². The number of aromatic nitrogens is 3. The third-order valence-electron chi connectivity index (χ3n) is 6.09. The van der Waals surface area contributed by atoms with Crippen LogP contribution in [-0.2, 0) is 11.2 Å². The van der Waals surface area contributed by atoms with E-state index >= 15 is 0 Å². The maximum atomic E-state index is 12.3. The van der Waals surface area contributed by atoms with Crippen molar-refractivity contribution >= 4 is 23.2 Å². The van der Waals surface area contributed by atoms with Gasteiger partial charge < -0.3 is 20.1 Å². The Balaban J connectivity index is 1.28. The van der Waals surface area contributed by atoms with Crippen LogP contribution in [-0.4, -0.2) is 59.0 Å². The van der Waals surface area contributed by atoms with E-state index < -0.39 is 6.03 Å². The second-order valence-corrected chi connectivity index (χ2v) is 8.72. The molecule has 170 valence electrons. The molecule has 4 heterocycles. The van der Waals surface area contributed by atoms with Crippen molar-refractivity contribution in [3.8, 4) is 11.3 Å². The average Bonchev–Trinajstić information content (AvgIpc) is 3.20. The Kier molecular flexibility index (Phi) is 5.65. The van der Waals surface area contributed by atoms with E-state index in [1.54, 1.807) is 18.5 Å². The zero-order valence-electron chi connectivity index (χ0n) is 18.4. The van der Waals surface area contributed by atoms with Gasteiger partial charge >= 0.3 is 6.03 Å². The van der Waals surface area contributed by atoms with E-state index in [0.717, 1.165) is 30.8 Å². The summed E-state index contributed by atoms with van der Waals surface area (Å²) in [5.41, 5.74) is 5.38. The molecule has 33 heavy (non-hydrogen) atoms. The number of aliphatic hydroxyl groups is 1. The number of rotatable bonds is 6. The lowest BCUT2D eigenvalue weighted by Crippen LogP contribution is -2.53. The smallest absolute Gasteiger partial charge is 0.324 e. The van der Waals surface area contributed by atoms with Crippen LogP contribution in [0, 0.1) is 12.3 Å². The Morgan fingerprint density at radius 2 is 2.06 bits per heavy atom. The Hall–Kier alpha value is -3.56. The van der Waals surface area contributed by atoms with Crippen LogP contribution in [0.3, 0.4) is 0 Å². The van der Waals surface area contributed by atoms with Crippen molar-refractivity contribution < 1.29 is 14.6 Å². The molecule has 5 rings (SSSR count). The zero-order chi connectivity index (χ0) is 22.8. The summed E-state index contributed by atoms with van der Waals surface area (Å²) in [6.07, 6.45) is 5.74. The minimum absolute atomic E-state index is 0.139. The Labute approximate surface area is 191 Å². The number of aliphatic hydroxyl groups excluding tert-OH is 1. The van der Waals surface area contributed by atoms with Crippen molar-refractivity contribution in [3.05, 3.63) is 60.2 Å². The molecule has 0 radical (unpaired) electrons. The number of anilines is 3. The molecule has 9 nitrogen and oxygen atoms in total. The van der Waals surface area contributed by atoms with E-state index in [-0.39, 0.29) is 12.0 Å². The molecule has 3 aromatic rings. The van der Waals surface area contributed by atoms with Crippen molar-refractivity contribution in [1.82, 2.24) is 15.0 Å². The highest BCUT2D eigenvalue weighted by Gasteiger charge is 2.40. The molecule has 0 spiro atoms. The summed E-state index contributed by atoms with van der Waals surface area (Å²) in [5.74, 6) is 0.363. The number of hydrogen-bond acceptors (Lipinski definition) is 7. The summed E-state index contributed by atoms with van der Waals surface area (Å²) in [6, 6.07) is 9.46. The Bertz CT molecular complexity index is 1160. The highest BCUT2D eigenvalue weighted by atomic mass is 16.5. The minimum atomic E-state index is -0.408. The number of aryl methyl sites for hydroxylation is 1. The topological polar surface area (TPSA) is 113 Å². The molecule has 3 N–H and O–H groups in total. The first-order valence-corrected chi connectivity index (χ1v) is 10.9. The second kappa shape index (κ2) is 8.76. The zero-order valence-corrected chi connectivity index (χ0v) is 18.4. The van der Waals surface area contributed by atoms with E-state index in [9.17, 15) is 9.90 Å². The largest absolute Gasteiger partial charge is 0.396 e. The van der Waals surface area contributed by atoms with Crippen molar-refractivity contribution in [3.63, 3.8) is 0 Å². The highest BCUT2D eigenvalue weighted by molar-refractivity contribution is 5.99. The van der Waals surface area contributed by atoms with E-state index in [2.05, 4.69) is 42.6 Å². The molecule has 2 aromatic heterocycles. The summed E-state index contributed by atoms with van der Waals surface area (Å²) in [7, 11) is 0. The monoisotopic (exact) mass is 446 g/mol. The first kappa shape index (κ1) is 21.3. The van der Waals surface area contributed by atoms with Crippen LogP contribution in [0.4, 0.5) is 22.0 Å². The number of ether oxygens (including phenoxy) is 1. The van der Waals surface area contributed by atoms with Gasteiger partial charge in [0.25, 0.3) is 0 Å². The van der Waals surface area contributed by atoms with Crippen molar-refractivity contribution in [2.24, 2.45) is 5.41 Å². The SMILES string of the molecule is Cc1ccc(NC(=O)Nc2cncc(-c3ccc4c(c3)CCN4CC3(CO)COC3)n2)cn1. The number of nitrogens with zero attached hydrogens (tertiary/aromatic N) is 4. The third kappa shape index (κ3) is 4.50. The van der Waals surface area contributed by atoms with Gasteiger partial charge in [0, 0.05) is 30.0 Å². The van der Waals surface area contributed by atoms with Crippen LogP contribution in [0.1, 0.15) is 11.3 Å². The standard InChI is InChI=1S/C24H26N6O3/c1-16-2-4-19(9-26-16)27-23(32)29-22-11-25-10-20(28-22)17-3-5-21-18(8-17)6-7-30(21)12-24(13-31)14-33-15-24/h2-5,8-11,31H,6-7,12-15H2,1H3,(H2,27,28,29,32). The summed E-state index contributed by atoms with van der Waals surface area (Å²) in [4.78, 5) is 27.6. The van der Waals surface area contributed by atoms with E-state index in [1.165, 1.54) is 17.4 Å². The van der Waals surface area contributed by atoms with Gasteiger partial charge in [0.15, 0.2) is 5.82 Å². The van der Waals surface area contributed by atoms with Gasteiger partial charge in [-0.2, -0.15) is 0 Å². The molecular formula is C24H26N6O3. The van der Waals surface area contributed by atoms with Crippen LogP contribution in [0.15, 0.2) is 48.9 Å². The molecule has 2 aliphatic rings. The number of benzene rings is 1. The molecule has 0 bridgehead atoms. The normalized spacial score (nSPS) is 16.1. The summed E-state index contributed by atoms with van der Waals surface area (Å²) < 4.78 is 5.34. The molecule has 2 aliphatic heterocycles. The number of pyridine rings is 1. The first-order valence-electron chi connectivity index (χ1n) is 10.9. The van der Waals surface area contributed by atoms with Crippen molar-refractivity contribution in [1.29, 1.82) is 0 Å². The van der Waals surface area contributed by atoms with E-state index in [4.69, 9.17) is 4.74 Å². The van der Waals surface area contributed by atoms with Gasteiger partial charge in [-0.25, -0.2) is 9.78 Å². The first-order chi connectivity index (χ1) is 16.0. The fraction of sp³-hybridized carbons (Fsp3) is 0.333. The van der Waals surface area contributed by atoms with Gasteiger partial charge in [0.1, 0.15) is 0 Å².